The fourth-order valence-corrected chi connectivity index (χ4v) is 3.02. The van der Waals surface area contributed by atoms with Gasteiger partial charge in [0.1, 0.15) is 17.6 Å². The van der Waals surface area contributed by atoms with E-state index in [4.69, 9.17) is 4.74 Å². The number of hydrogen-bond acceptors (Lipinski definition) is 5. The van der Waals surface area contributed by atoms with Crippen molar-refractivity contribution in [2.45, 2.75) is 25.9 Å². The van der Waals surface area contributed by atoms with E-state index in [0.29, 0.717) is 18.8 Å². The van der Waals surface area contributed by atoms with Gasteiger partial charge < -0.3 is 9.64 Å². The monoisotopic (exact) mass is 365 g/mol. The van der Waals surface area contributed by atoms with Gasteiger partial charge in [0.25, 0.3) is 0 Å². The second-order valence-corrected chi connectivity index (χ2v) is 6.42. The molecule has 3 aromatic rings. The number of aromatic nitrogens is 4. The molecule has 0 aliphatic carbocycles. The summed E-state index contributed by atoms with van der Waals surface area (Å²) < 4.78 is 6.86. The van der Waals surface area contributed by atoms with Gasteiger partial charge in [0.05, 0.1) is 7.11 Å². The van der Waals surface area contributed by atoms with Gasteiger partial charge >= 0.3 is 0 Å². The van der Waals surface area contributed by atoms with Crippen LogP contribution >= 0.6 is 0 Å². The molecule has 7 heteroatoms. The summed E-state index contributed by atoms with van der Waals surface area (Å²) in [4.78, 5) is 14.9. The van der Waals surface area contributed by atoms with Gasteiger partial charge in [0.15, 0.2) is 0 Å². The second kappa shape index (κ2) is 8.44. The molecule has 27 heavy (non-hydrogen) atoms. The Kier molecular flexibility index (Phi) is 5.80. The Labute approximate surface area is 158 Å². The van der Waals surface area contributed by atoms with Gasteiger partial charge in [-0.05, 0) is 40.6 Å². The Balaban J connectivity index is 1.82. The van der Waals surface area contributed by atoms with Crippen LogP contribution in [0.5, 0.6) is 5.75 Å². The lowest BCUT2D eigenvalue weighted by Gasteiger charge is -2.24. The molecule has 1 atom stereocenters. The third kappa shape index (κ3) is 4.49. The molecule has 0 N–H and O–H groups in total. The molecule has 140 valence electrons. The molecule has 0 spiro atoms. The molecule has 2 aromatic carbocycles. The number of amides is 1. The van der Waals surface area contributed by atoms with Crippen LogP contribution in [0.15, 0.2) is 54.6 Å². The summed E-state index contributed by atoms with van der Waals surface area (Å²) >= 11 is 0. The SMILES string of the molecule is COc1cccc(CN(C)C(=O)C(Cc2ccccc2)n2nnnc2C)c1. The minimum absolute atomic E-state index is 0.0444. The molecule has 0 saturated carbocycles. The summed E-state index contributed by atoms with van der Waals surface area (Å²) in [6.07, 6.45) is 0.522. The molecule has 7 nitrogen and oxygen atoms in total. The smallest absolute Gasteiger partial charge is 0.247 e. The number of carbonyl (C=O) groups is 1. The van der Waals surface area contributed by atoms with E-state index in [-0.39, 0.29) is 5.91 Å². The van der Waals surface area contributed by atoms with Crippen LogP contribution in [0.2, 0.25) is 0 Å². The van der Waals surface area contributed by atoms with Crippen molar-refractivity contribution in [2.24, 2.45) is 0 Å². The molecule has 0 radical (unpaired) electrons. The number of methoxy groups -OCH3 is 1. The number of ether oxygens (including phenoxy) is 1. The summed E-state index contributed by atoms with van der Waals surface area (Å²) in [6.45, 7) is 2.27. The highest BCUT2D eigenvalue weighted by atomic mass is 16.5. The average Bonchev–Trinajstić information content (AvgIpc) is 3.12. The maximum atomic E-state index is 13.2. The Hall–Kier alpha value is -3.22. The molecule has 1 heterocycles. The fraction of sp³-hybridized carbons (Fsp3) is 0.300. The zero-order valence-corrected chi connectivity index (χ0v) is 15.7. The van der Waals surface area contributed by atoms with Crippen LogP contribution < -0.4 is 4.74 Å². The van der Waals surface area contributed by atoms with Crippen molar-refractivity contribution >= 4 is 5.91 Å². The van der Waals surface area contributed by atoms with Crippen LogP contribution in [-0.2, 0) is 17.8 Å². The first-order valence-electron chi connectivity index (χ1n) is 8.75. The van der Waals surface area contributed by atoms with Crippen molar-refractivity contribution in [3.05, 3.63) is 71.5 Å². The summed E-state index contributed by atoms with van der Waals surface area (Å²) in [5.74, 6) is 1.33. The number of rotatable bonds is 7. The Bertz CT molecular complexity index is 894. The number of benzene rings is 2. The van der Waals surface area contributed by atoms with Crippen LogP contribution in [-0.4, -0.2) is 45.2 Å². The van der Waals surface area contributed by atoms with E-state index < -0.39 is 6.04 Å². The van der Waals surface area contributed by atoms with Crippen molar-refractivity contribution in [1.29, 1.82) is 0 Å². The van der Waals surface area contributed by atoms with Gasteiger partial charge in [-0.1, -0.05) is 42.5 Å². The molecule has 3 rings (SSSR count). The highest BCUT2D eigenvalue weighted by molar-refractivity contribution is 5.80. The summed E-state index contributed by atoms with van der Waals surface area (Å²) in [6, 6.07) is 17.1. The van der Waals surface area contributed by atoms with Crippen LogP contribution in [0, 0.1) is 6.92 Å². The number of aryl methyl sites for hydroxylation is 1. The third-order valence-corrected chi connectivity index (χ3v) is 4.44. The zero-order chi connectivity index (χ0) is 19.2. The predicted octanol–water partition coefficient (Wildman–Crippen LogP) is 2.43. The van der Waals surface area contributed by atoms with Crippen molar-refractivity contribution in [1.82, 2.24) is 25.1 Å². The maximum absolute atomic E-state index is 13.2. The van der Waals surface area contributed by atoms with Crippen molar-refractivity contribution < 1.29 is 9.53 Å². The number of tetrazole rings is 1. The van der Waals surface area contributed by atoms with Crippen molar-refractivity contribution in [2.75, 3.05) is 14.2 Å². The van der Waals surface area contributed by atoms with Gasteiger partial charge in [-0.3, -0.25) is 4.79 Å². The highest BCUT2D eigenvalue weighted by Gasteiger charge is 2.27. The molecule has 0 saturated heterocycles. The van der Waals surface area contributed by atoms with Crippen LogP contribution in [0.25, 0.3) is 0 Å². The summed E-state index contributed by atoms with van der Waals surface area (Å²) in [5, 5.41) is 11.7. The van der Waals surface area contributed by atoms with E-state index in [9.17, 15) is 4.79 Å². The van der Waals surface area contributed by atoms with Gasteiger partial charge in [-0.2, -0.15) is 0 Å². The lowest BCUT2D eigenvalue weighted by Crippen LogP contribution is -2.36. The molecular formula is C20H23N5O2. The molecular weight excluding hydrogens is 342 g/mol. The summed E-state index contributed by atoms with van der Waals surface area (Å²) in [7, 11) is 3.42. The number of hydrogen-bond donors (Lipinski definition) is 0. The number of carbonyl (C=O) groups excluding carboxylic acids is 1. The van der Waals surface area contributed by atoms with Crippen LogP contribution in [0.1, 0.15) is 23.0 Å². The standard InChI is InChI=1S/C20H23N5O2/c1-15-21-22-23-25(15)19(13-16-8-5-4-6-9-16)20(26)24(2)14-17-10-7-11-18(12-17)27-3/h4-12,19H,13-14H2,1-3H3. The van der Waals surface area contributed by atoms with Crippen LogP contribution in [0.3, 0.4) is 0 Å². The third-order valence-electron chi connectivity index (χ3n) is 4.44. The van der Waals surface area contributed by atoms with E-state index >= 15 is 0 Å². The van der Waals surface area contributed by atoms with E-state index in [1.54, 1.807) is 30.7 Å². The molecule has 0 fully saturated rings. The minimum Gasteiger partial charge on any atom is -0.497 e. The van der Waals surface area contributed by atoms with Gasteiger partial charge in [-0.15, -0.1) is 5.10 Å². The summed E-state index contributed by atoms with van der Waals surface area (Å²) in [5.41, 5.74) is 2.05. The first-order valence-corrected chi connectivity index (χ1v) is 8.75. The Morgan fingerprint density at radius 1 is 1.15 bits per heavy atom. The zero-order valence-electron chi connectivity index (χ0n) is 15.7. The minimum atomic E-state index is -0.502. The second-order valence-electron chi connectivity index (χ2n) is 6.42. The Morgan fingerprint density at radius 3 is 2.56 bits per heavy atom. The van der Waals surface area contributed by atoms with E-state index in [2.05, 4.69) is 15.5 Å². The van der Waals surface area contributed by atoms with Crippen LogP contribution in [0.4, 0.5) is 0 Å². The topological polar surface area (TPSA) is 73.1 Å². The largest absolute Gasteiger partial charge is 0.497 e. The maximum Gasteiger partial charge on any atom is 0.247 e. The van der Waals surface area contributed by atoms with E-state index in [1.807, 2.05) is 54.6 Å². The lowest BCUT2D eigenvalue weighted by molar-refractivity contribution is -0.134. The number of nitrogens with zero attached hydrogens (tertiary/aromatic N) is 5. The van der Waals surface area contributed by atoms with Crippen molar-refractivity contribution in [3.8, 4) is 5.75 Å². The highest BCUT2D eigenvalue weighted by Crippen LogP contribution is 2.19. The first-order chi connectivity index (χ1) is 13.1. The molecule has 1 aromatic heterocycles. The first kappa shape index (κ1) is 18.6. The average molecular weight is 365 g/mol. The fourth-order valence-electron chi connectivity index (χ4n) is 3.02. The van der Waals surface area contributed by atoms with Gasteiger partial charge in [-0.25, -0.2) is 4.68 Å². The van der Waals surface area contributed by atoms with Gasteiger partial charge in [0.2, 0.25) is 5.91 Å². The molecule has 0 aliphatic heterocycles. The molecule has 0 bridgehead atoms. The number of likely N-dealkylation sites (N-methyl/N-ethyl adjacent to an activating group) is 1. The molecule has 0 aliphatic rings. The van der Waals surface area contributed by atoms with E-state index in [0.717, 1.165) is 16.9 Å². The van der Waals surface area contributed by atoms with Crippen molar-refractivity contribution in [3.63, 3.8) is 0 Å². The van der Waals surface area contributed by atoms with E-state index in [1.165, 1.54) is 0 Å². The predicted molar refractivity (Wildman–Crippen MR) is 101 cm³/mol. The lowest BCUT2D eigenvalue weighted by atomic mass is 10.0. The normalized spacial score (nSPS) is 11.8. The Morgan fingerprint density at radius 2 is 1.89 bits per heavy atom. The molecule has 1 amide bonds. The van der Waals surface area contributed by atoms with Gasteiger partial charge in [0, 0.05) is 20.0 Å². The quantitative estimate of drug-likeness (QED) is 0.643. The molecule has 1 unspecified atom stereocenters.